The number of fused-ring (bicyclic) bond motifs is 2. The molecule has 1 aromatic heterocycles. The minimum atomic E-state index is -0.237. The molecule has 5 rings (SSSR count). The van der Waals surface area contributed by atoms with E-state index in [9.17, 15) is 4.79 Å². The van der Waals surface area contributed by atoms with E-state index < -0.39 is 0 Å². The van der Waals surface area contributed by atoms with Crippen molar-refractivity contribution < 1.29 is 9.21 Å². The molecule has 1 atom stereocenters. The van der Waals surface area contributed by atoms with Crippen LogP contribution in [0.3, 0.4) is 0 Å². The van der Waals surface area contributed by atoms with Crippen molar-refractivity contribution in [3.63, 3.8) is 0 Å². The summed E-state index contributed by atoms with van der Waals surface area (Å²) in [5.41, 5.74) is 4.58. The number of hydrogen-bond donors (Lipinski definition) is 1. The van der Waals surface area contributed by atoms with Gasteiger partial charge in [0, 0.05) is 15.6 Å². The van der Waals surface area contributed by atoms with Crippen LogP contribution in [0.2, 0.25) is 5.02 Å². The Morgan fingerprint density at radius 1 is 1.06 bits per heavy atom. The van der Waals surface area contributed by atoms with Crippen LogP contribution in [-0.2, 0) is 0 Å². The third-order valence-corrected chi connectivity index (χ3v) is 7.19. The van der Waals surface area contributed by atoms with Crippen LogP contribution < -0.4 is 5.32 Å². The highest BCUT2D eigenvalue weighted by molar-refractivity contribution is 9.10. The molecule has 1 heterocycles. The number of hydrogen-bond acceptors (Lipinski definition) is 3. The summed E-state index contributed by atoms with van der Waals surface area (Å²) < 4.78 is 6.94. The van der Waals surface area contributed by atoms with E-state index >= 15 is 0 Å². The summed E-state index contributed by atoms with van der Waals surface area (Å²) in [6.07, 6.45) is 1.06. The van der Waals surface area contributed by atoms with Crippen molar-refractivity contribution in [3.8, 4) is 11.5 Å². The van der Waals surface area contributed by atoms with Gasteiger partial charge in [0.15, 0.2) is 5.58 Å². The minimum absolute atomic E-state index is 0.237. The van der Waals surface area contributed by atoms with Crippen molar-refractivity contribution >= 4 is 61.0 Å². The number of aromatic nitrogens is 1. The monoisotopic (exact) mass is 532 g/mol. The van der Waals surface area contributed by atoms with Crippen LogP contribution in [0.25, 0.3) is 33.3 Å². The van der Waals surface area contributed by atoms with Gasteiger partial charge in [-0.05, 0) is 71.1 Å². The first kappa shape index (κ1) is 22.6. The highest BCUT2D eigenvalue weighted by Gasteiger charge is 2.16. The maximum absolute atomic E-state index is 13.2. The first-order valence-corrected chi connectivity index (χ1v) is 12.3. The Hall–Kier alpha value is -3.15. The summed E-state index contributed by atoms with van der Waals surface area (Å²) in [7, 11) is 0. The molecular weight excluding hydrogens is 512 g/mol. The number of benzene rings is 4. The molecule has 0 fully saturated rings. The maximum atomic E-state index is 13.2. The zero-order valence-electron chi connectivity index (χ0n) is 18.7. The van der Waals surface area contributed by atoms with Crippen molar-refractivity contribution in [2.45, 2.75) is 26.2 Å². The van der Waals surface area contributed by atoms with E-state index in [1.165, 1.54) is 5.56 Å². The molecule has 1 N–H and O–H groups in total. The van der Waals surface area contributed by atoms with Gasteiger partial charge < -0.3 is 9.73 Å². The van der Waals surface area contributed by atoms with Crippen LogP contribution in [0.15, 0.2) is 81.7 Å². The molecule has 0 aliphatic heterocycles. The molecular formula is C28H22BrClN2O2. The van der Waals surface area contributed by atoms with Gasteiger partial charge in [0.25, 0.3) is 5.91 Å². The molecule has 1 amide bonds. The molecule has 0 spiro atoms. The lowest BCUT2D eigenvalue weighted by Gasteiger charge is -2.11. The number of rotatable bonds is 5. The summed E-state index contributed by atoms with van der Waals surface area (Å²) in [4.78, 5) is 17.9. The molecule has 0 saturated heterocycles. The van der Waals surface area contributed by atoms with Gasteiger partial charge in [-0.2, -0.15) is 0 Å². The van der Waals surface area contributed by atoms with E-state index in [4.69, 9.17) is 21.0 Å². The van der Waals surface area contributed by atoms with Crippen molar-refractivity contribution in [1.29, 1.82) is 0 Å². The average Bonchev–Trinajstić information content (AvgIpc) is 3.28. The third kappa shape index (κ3) is 4.22. The zero-order chi connectivity index (χ0) is 23.8. The number of oxazole rings is 1. The quantitative estimate of drug-likeness (QED) is 0.245. The summed E-state index contributed by atoms with van der Waals surface area (Å²) in [5, 5.41) is 5.23. The standard InChI is InChI=1S/C28H22BrClN2O2/c1-3-16(2)17-11-13-26-25(14-17)32-28(34-26)18-10-12-23(30)24(15-18)31-27(33)21-8-4-7-20-19(21)6-5-9-22(20)29/h4-16H,3H2,1-2H3,(H,31,33)/t16-/m0/s1. The zero-order valence-corrected chi connectivity index (χ0v) is 21.1. The smallest absolute Gasteiger partial charge is 0.256 e. The number of carbonyl (C=O) groups excluding carboxylic acids is 1. The molecule has 4 nitrogen and oxygen atoms in total. The van der Waals surface area contributed by atoms with Crippen LogP contribution in [0.1, 0.15) is 42.1 Å². The van der Waals surface area contributed by atoms with E-state index in [0.29, 0.717) is 28.1 Å². The van der Waals surface area contributed by atoms with Crippen LogP contribution >= 0.6 is 27.5 Å². The molecule has 0 bridgehead atoms. The molecule has 0 unspecified atom stereocenters. The predicted molar refractivity (Wildman–Crippen MR) is 143 cm³/mol. The molecule has 170 valence electrons. The molecule has 0 aliphatic carbocycles. The summed E-state index contributed by atoms with van der Waals surface area (Å²) >= 11 is 9.99. The SMILES string of the molecule is CC[C@H](C)c1ccc2oc(-c3ccc(Cl)c(NC(=O)c4cccc5c(Br)cccc45)c3)nc2c1. The van der Waals surface area contributed by atoms with Gasteiger partial charge >= 0.3 is 0 Å². The molecule has 0 aliphatic rings. The van der Waals surface area contributed by atoms with Gasteiger partial charge in [-0.25, -0.2) is 4.98 Å². The second-order valence-corrected chi connectivity index (χ2v) is 9.61. The number of anilines is 1. The number of amides is 1. The van der Waals surface area contributed by atoms with Crippen LogP contribution in [0.4, 0.5) is 5.69 Å². The van der Waals surface area contributed by atoms with Gasteiger partial charge in [-0.3, -0.25) is 4.79 Å². The number of nitrogens with one attached hydrogen (secondary N) is 1. The van der Waals surface area contributed by atoms with E-state index in [-0.39, 0.29) is 5.91 Å². The fourth-order valence-corrected chi connectivity index (χ4v) is 4.69. The highest BCUT2D eigenvalue weighted by atomic mass is 79.9. The number of carbonyl (C=O) groups is 1. The lowest BCUT2D eigenvalue weighted by molar-refractivity contribution is 0.102. The second-order valence-electron chi connectivity index (χ2n) is 8.34. The van der Waals surface area contributed by atoms with Crippen molar-refractivity contribution in [1.82, 2.24) is 4.98 Å². The fourth-order valence-electron chi connectivity index (χ4n) is 4.02. The molecule has 4 aromatic carbocycles. The summed E-state index contributed by atoms with van der Waals surface area (Å²) in [5.74, 6) is 0.702. The maximum Gasteiger partial charge on any atom is 0.256 e. The largest absolute Gasteiger partial charge is 0.436 e. The number of nitrogens with zero attached hydrogens (tertiary/aromatic N) is 1. The lowest BCUT2D eigenvalue weighted by atomic mass is 9.98. The topological polar surface area (TPSA) is 55.1 Å². The molecule has 0 radical (unpaired) electrons. The van der Waals surface area contributed by atoms with Crippen molar-refractivity contribution in [3.05, 3.63) is 93.4 Å². The third-order valence-electron chi connectivity index (χ3n) is 6.17. The Kier molecular flexibility index (Phi) is 6.15. The molecule has 34 heavy (non-hydrogen) atoms. The number of halogens is 2. The van der Waals surface area contributed by atoms with Gasteiger partial charge in [-0.15, -0.1) is 0 Å². The Morgan fingerprint density at radius 3 is 2.68 bits per heavy atom. The summed E-state index contributed by atoms with van der Waals surface area (Å²) in [6, 6.07) is 22.9. The molecule has 0 saturated carbocycles. The highest BCUT2D eigenvalue weighted by Crippen LogP contribution is 2.33. The Labute approximate surface area is 211 Å². The van der Waals surface area contributed by atoms with E-state index in [0.717, 1.165) is 38.3 Å². The van der Waals surface area contributed by atoms with Gasteiger partial charge in [0.05, 0.1) is 10.7 Å². The van der Waals surface area contributed by atoms with Gasteiger partial charge in [0.2, 0.25) is 5.89 Å². The lowest BCUT2D eigenvalue weighted by Crippen LogP contribution is -2.12. The first-order valence-electron chi connectivity index (χ1n) is 11.1. The predicted octanol–water partition coefficient (Wildman–Crippen LogP) is 8.83. The second kappa shape index (κ2) is 9.24. The Morgan fingerprint density at radius 2 is 1.85 bits per heavy atom. The summed E-state index contributed by atoms with van der Waals surface area (Å²) in [6.45, 7) is 4.37. The van der Waals surface area contributed by atoms with Gasteiger partial charge in [0.1, 0.15) is 5.52 Å². The van der Waals surface area contributed by atoms with Crippen LogP contribution in [-0.4, -0.2) is 10.9 Å². The van der Waals surface area contributed by atoms with Crippen LogP contribution in [0, 0.1) is 0 Å². The average molecular weight is 534 g/mol. The van der Waals surface area contributed by atoms with E-state index in [2.05, 4.69) is 47.2 Å². The van der Waals surface area contributed by atoms with E-state index in [1.54, 1.807) is 18.2 Å². The molecule has 5 aromatic rings. The minimum Gasteiger partial charge on any atom is -0.436 e. The Balaban J connectivity index is 1.48. The van der Waals surface area contributed by atoms with Crippen molar-refractivity contribution in [2.75, 3.05) is 5.32 Å². The van der Waals surface area contributed by atoms with E-state index in [1.807, 2.05) is 42.5 Å². The van der Waals surface area contributed by atoms with Crippen LogP contribution in [0.5, 0.6) is 0 Å². The molecule has 6 heteroatoms. The normalized spacial score (nSPS) is 12.2. The first-order chi connectivity index (χ1) is 16.4. The fraction of sp³-hybridized carbons (Fsp3) is 0.143. The van der Waals surface area contributed by atoms with Gasteiger partial charge in [-0.1, -0.05) is 71.7 Å². The Bertz CT molecular complexity index is 1540. The van der Waals surface area contributed by atoms with Crippen molar-refractivity contribution in [2.24, 2.45) is 0 Å².